The Balaban J connectivity index is 2.87. The molecule has 17 heavy (non-hydrogen) atoms. The highest BCUT2D eigenvalue weighted by atomic mass is 16.5. The zero-order chi connectivity index (χ0) is 13.1. The molecule has 0 radical (unpaired) electrons. The van der Waals surface area contributed by atoms with Gasteiger partial charge in [-0.25, -0.2) is 9.48 Å². The van der Waals surface area contributed by atoms with Crippen molar-refractivity contribution in [1.82, 2.24) is 9.78 Å². The van der Waals surface area contributed by atoms with Gasteiger partial charge in [0, 0.05) is 19.7 Å². The van der Waals surface area contributed by atoms with Gasteiger partial charge in [-0.05, 0) is 26.3 Å². The molecule has 94 valence electrons. The molecular formula is C11H16N2O4. The average molecular weight is 240 g/mol. The summed E-state index contributed by atoms with van der Waals surface area (Å²) in [7, 11) is 1.59. The Bertz CT molecular complexity index is 465. The van der Waals surface area contributed by atoms with Gasteiger partial charge in [-0.15, -0.1) is 0 Å². The normalized spacial score (nSPS) is 11.5. The lowest BCUT2D eigenvalue weighted by atomic mass is 10.1. The van der Waals surface area contributed by atoms with Crippen LogP contribution in [-0.2, 0) is 11.3 Å². The van der Waals surface area contributed by atoms with E-state index in [-0.39, 0.29) is 16.9 Å². The maximum Gasteiger partial charge on any atom is 0.356 e. The molecule has 0 spiro atoms. The minimum Gasteiger partial charge on any atom is -0.476 e. The minimum absolute atomic E-state index is 0.139. The van der Waals surface area contributed by atoms with E-state index >= 15 is 0 Å². The van der Waals surface area contributed by atoms with E-state index in [4.69, 9.17) is 9.84 Å². The Morgan fingerprint density at radius 1 is 1.53 bits per heavy atom. The van der Waals surface area contributed by atoms with Crippen molar-refractivity contribution >= 4 is 5.97 Å². The van der Waals surface area contributed by atoms with E-state index in [1.165, 1.54) is 12.1 Å². The van der Waals surface area contributed by atoms with Crippen LogP contribution in [-0.4, -0.2) is 33.6 Å². The van der Waals surface area contributed by atoms with Crippen molar-refractivity contribution in [2.24, 2.45) is 0 Å². The highest BCUT2D eigenvalue weighted by molar-refractivity contribution is 5.84. The predicted octanol–water partition coefficient (Wildman–Crippen LogP) is 0.757. The van der Waals surface area contributed by atoms with Crippen molar-refractivity contribution in [2.45, 2.75) is 32.4 Å². The van der Waals surface area contributed by atoms with Crippen molar-refractivity contribution in [2.75, 3.05) is 7.11 Å². The fourth-order valence-corrected chi connectivity index (χ4v) is 1.20. The van der Waals surface area contributed by atoms with E-state index in [1.54, 1.807) is 7.11 Å². The lowest BCUT2D eigenvalue weighted by Crippen LogP contribution is -2.30. The van der Waals surface area contributed by atoms with Crippen LogP contribution >= 0.6 is 0 Å². The van der Waals surface area contributed by atoms with Gasteiger partial charge in [0.05, 0.1) is 5.60 Å². The Labute approximate surface area is 98.8 Å². The molecule has 0 atom stereocenters. The van der Waals surface area contributed by atoms with E-state index in [1.807, 2.05) is 13.8 Å². The number of carboxylic acid groups (broad SMARTS) is 1. The minimum atomic E-state index is -1.15. The van der Waals surface area contributed by atoms with Crippen LogP contribution in [0.2, 0.25) is 0 Å². The van der Waals surface area contributed by atoms with Gasteiger partial charge in [0.25, 0.3) is 5.56 Å². The number of hydrogen-bond acceptors (Lipinski definition) is 4. The second-order valence-corrected chi connectivity index (χ2v) is 4.30. The Hall–Kier alpha value is -1.69. The summed E-state index contributed by atoms with van der Waals surface area (Å²) in [6.07, 6.45) is 0.569. The number of hydrogen-bond donors (Lipinski definition) is 1. The number of aromatic carboxylic acids is 1. The first-order chi connectivity index (χ1) is 7.85. The van der Waals surface area contributed by atoms with Crippen LogP contribution in [0.5, 0.6) is 0 Å². The number of aromatic nitrogens is 2. The molecule has 1 aromatic rings. The predicted molar refractivity (Wildman–Crippen MR) is 61.2 cm³/mol. The molecule has 1 rings (SSSR count). The van der Waals surface area contributed by atoms with Crippen molar-refractivity contribution in [1.29, 1.82) is 0 Å². The molecule has 0 aliphatic rings. The second-order valence-electron chi connectivity index (χ2n) is 4.30. The van der Waals surface area contributed by atoms with Crippen LogP contribution in [0.15, 0.2) is 16.9 Å². The number of carboxylic acids is 1. The highest BCUT2D eigenvalue weighted by Gasteiger charge is 2.17. The molecule has 1 heterocycles. The number of rotatable bonds is 5. The summed E-state index contributed by atoms with van der Waals surface area (Å²) in [5.41, 5.74) is -0.831. The van der Waals surface area contributed by atoms with Crippen molar-refractivity contribution in [3.05, 3.63) is 28.2 Å². The Kier molecular flexibility index (Phi) is 4.01. The van der Waals surface area contributed by atoms with E-state index < -0.39 is 5.97 Å². The third-order valence-corrected chi connectivity index (χ3v) is 2.56. The zero-order valence-corrected chi connectivity index (χ0v) is 10.1. The smallest absolute Gasteiger partial charge is 0.356 e. The molecule has 0 unspecified atom stereocenters. The van der Waals surface area contributed by atoms with Gasteiger partial charge in [-0.3, -0.25) is 4.79 Å². The Morgan fingerprint density at radius 3 is 2.71 bits per heavy atom. The number of methoxy groups -OCH3 is 1. The summed E-state index contributed by atoms with van der Waals surface area (Å²) >= 11 is 0. The summed E-state index contributed by atoms with van der Waals surface area (Å²) in [5, 5.41) is 12.5. The topological polar surface area (TPSA) is 81.4 Å². The van der Waals surface area contributed by atoms with Gasteiger partial charge in [0.1, 0.15) is 0 Å². The Morgan fingerprint density at radius 2 is 2.18 bits per heavy atom. The van der Waals surface area contributed by atoms with Crippen LogP contribution in [0, 0.1) is 0 Å². The molecule has 0 aromatic carbocycles. The summed E-state index contributed by atoms with van der Waals surface area (Å²) < 4.78 is 6.36. The lowest BCUT2D eigenvalue weighted by molar-refractivity contribution is 0.0110. The maximum atomic E-state index is 11.5. The standard InChI is InChI=1S/C11H16N2O4/c1-11(2,17-3)6-7-13-9(14)5-4-8(12-13)10(15)16/h4-5H,6-7H2,1-3H3,(H,15,16). The fraction of sp³-hybridized carbons (Fsp3) is 0.545. The molecule has 0 saturated carbocycles. The second kappa shape index (κ2) is 5.09. The molecule has 0 saturated heterocycles. The molecule has 0 aliphatic carbocycles. The van der Waals surface area contributed by atoms with E-state index in [9.17, 15) is 9.59 Å². The number of nitrogens with zero attached hydrogens (tertiary/aromatic N) is 2. The molecular weight excluding hydrogens is 224 g/mol. The van der Waals surface area contributed by atoms with Crippen LogP contribution in [0.3, 0.4) is 0 Å². The largest absolute Gasteiger partial charge is 0.476 e. The molecule has 1 aromatic heterocycles. The van der Waals surface area contributed by atoms with Crippen molar-refractivity contribution < 1.29 is 14.6 Å². The fourth-order valence-electron chi connectivity index (χ4n) is 1.20. The van der Waals surface area contributed by atoms with E-state index in [2.05, 4.69) is 5.10 Å². The van der Waals surface area contributed by atoms with Crippen LogP contribution < -0.4 is 5.56 Å². The molecule has 0 amide bonds. The first kappa shape index (κ1) is 13.4. The van der Waals surface area contributed by atoms with E-state index in [0.717, 1.165) is 4.68 Å². The molecule has 0 bridgehead atoms. The summed E-state index contributed by atoms with van der Waals surface area (Å²) in [6.45, 7) is 4.10. The quantitative estimate of drug-likeness (QED) is 0.821. The molecule has 1 N–H and O–H groups in total. The number of aryl methyl sites for hydroxylation is 1. The SMILES string of the molecule is COC(C)(C)CCn1nc(C(=O)O)ccc1=O. The van der Waals surface area contributed by atoms with Crippen LogP contribution in [0.25, 0.3) is 0 Å². The van der Waals surface area contributed by atoms with Crippen molar-refractivity contribution in [3.63, 3.8) is 0 Å². The van der Waals surface area contributed by atoms with Gasteiger partial charge in [-0.1, -0.05) is 0 Å². The van der Waals surface area contributed by atoms with Gasteiger partial charge in [-0.2, -0.15) is 5.10 Å². The third kappa shape index (κ3) is 3.67. The molecule has 0 fully saturated rings. The van der Waals surface area contributed by atoms with Gasteiger partial charge in [0.15, 0.2) is 5.69 Å². The first-order valence-electron chi connectivity index (χ1n) is 5.22. The summed E-state index contributed by atoms with van der Waals surface area (Å²) in [5.74, 6) is -1.15. The maximum absolute atomic E-state index is 11.5. The van der Waals surface area contributed by atoms with Crippen LogP contribution in [0.1, 0.15) is 30.8 Å². The van der Waals surface area contributed by atoms with Gasteiger partial charge < -0.3 is 9.84 Å². The number of carbonyl (C=O) groups is 1. The highest BCUT2D eigenvalue weighted by Crippen LogP contribution is 2.13. The van der Waals surface area contributed by atoms with Gasteiger partial charge in [0.2, 0.25) is 0 Å². The average Bonchev–Trinajstić information content (AvgIpc) is 2.27. The van der Waals surface area contributed by atoms with Gasteiger partial charge >= 0.3 is 5.97 Å². The lowest BCUT2D eigenvalue weighted by Gasteiger charge is -2.22. The summed E-state index contributed by atoms with van der Waals surface area (Å²) in [4.78, 5) is 22.2. The number of ether oxygens (including phenoxy) is 1. The summed E-state index contributed by atoms with van der Waals surface area (Å²) in [6, 6.07) is 2.40. The van der Waals surface area contributed by atoms with E-state index in [0.29, 0.717) is 13.0 Å². The van der Waals surface area contributed by atoms with Crippen molar-refractivity contribution in [3.8, 4) is 0 Å². The zero-order valence-electron chi connectivity index (χ0n) is 10.1. The molecule has 6 nitrogen and oxygen atoms in total. The third-order valence-electron chi connectivity index (χ3n) is 2.56. The first-order valence-corrected chi connectivity index (χ1v) is 5.22. The van der Waals surface area contributed by atoms with Crippen LogP contribution in [0.4, 0.5) is 0 Å². The molecule has 0 aliphatic heterocycles. The monoisotopic (exact) mass is 240 g/mol. The molecule has 6 heteroatoms.